The molecule has 1 saturated heterocycles. The molecule has 0 radical (unpaired) electrons. The predicted octanol–water partition coefficient (Wildman–Crippen LogP) is 4.05. The van der Waals surface area contributed by atoms with E-state index in [2.05, 4.69) is 32.3 Å². The molecule has 1 aliphatic heterocycles. The van der Waals surface area contributed by atoms with Gasteiger partial charge in [-0.05, 0) is 36.4 Å². The van der Waals surface area contributed by atoms with E-state index in [1.165, 1.54) is 0 Å². The Bertz CT molecular complexity index is 1280. The number of ether oxygens (including phenoxy) is 1. The van der Waals surface area contributed by atoms with Crippen molar-refractivity contribution in [2.75, 3.05) is 43.5 Å². The van der Waals surface area contributed by atoms with Gasteiger partial charge in [0.05, 0.1) is 18.3 Å². The quantitative estimate of drug-likeness (QED) is 0.485. The lowest BCUT2D eigenvalue weighted by Crippen LogP contribution is -2.48. The zero-order chi connectivity index (χ0) is 22.8. The van der Waals surface area contributed by atoms with E-state index in [0.717, 1.165) is 65.5 Å². The molecule has 1 amide bonds. The Hall–Kier alpha value is -4.07. The van der Waals surface area contributed by atoms with Crippen molar-refractivity contribution in [1.82, 2.24) is 19.9 Å². The molecule has 0 bridgehead atoms. The summed E-state index contributed by atoms with van der Waals surface area (Å²) >= 11 is 0. The number of carbonyl (C=O) groups is 1. The molecule has 2 aromatic heterocycles. The molecule has 0 spiro atoms. The first-order valence-corrected chi connectivity index (χ1v) is 11.0. The number of aromatic nitrogens is 3. The lowest BCUT2D eigenvalue weighted by molar-refractivity contribution is -0.129. The van der Waals surface area contributed by atoms with Crippen LogP contribution < -0.4 is 15.0 Å². The van der Waals surface area contributed by atoms with Crippen molar-refractivity contribution in [2.45, 2.75) is 6.92 Å². The van der Waals surface area contributed by atoms with E-state index in [0.29, 0.717) is 5.95 Å². The topological polar surface area (TPSA) is 86.4 Å². The van der Waals surface area contributed by atoms with Gasteiger partial charge in [0.15, 0.2) is 0 Å². The van der Waals surface area contributed by atoms with Crippen molar-refractivity contribution < 1.29 is 9.53 Å². The number of nitrogens with one attached hydrogen (secondary N) is 2. The summed E-state index contributed by atoms with van der Waals surface area (Å²) in [5.41, 5.74) is 4.83. The summed E-state index contributed by atoms with van der Waals surface area (Å²) in [6, 6.07) is 16.1. The van der Waals surface area contributed by atoms with Crippen molar-refractivity contribution in [1.29, 1.82) is 0 Å². The summed E-state index contributed by atoms with van der Waals surface area (Å²) in [5.74, 6) is 1.48. The van der Waals surface area contributed by atoms with Crippen LogP contribution in [-0.2, 0) is 4.79 Å². The number of carbonyl (C=O) groups excluding carboxylic acids is 1. The zero-order valence-corrected chi connectivity index (χ0v) is 18.7. The third-order valence-corrected chi connectivity index (χ3v) is 6.04. The van der Waals surface area contributed by atoms with Gasteiger partial charge in [0.25, 0.3) is 0 Å². The Kier molecular flexibility index (Phi) is 5.56. The lowest BCUT2D eigenvalue weighted by atomic mass is 10.1. The van der Waals surface area contributed by atoms with Gasteiger partial charge in [0, 0.05) is 67.8 Å². The fraction of sp³-hybridized carbons (Fsp3) is 0.240. The lowest BCUT2D eigenvalue weighted by Gasteiger charge is -2.35. The molecule has 168 valence electrons. The number of aromatic amines is 1. The van der Waals surface area contributed by atoms with Crippen LogP contribution in [0.5, 0.6) is 5.75 Å². The summed E-state index contributed by atoms with van der Waals surface area (Å²) < 4.78 is 5.45. The molecule has 33 heavy (non-hydrogen) atoms. The van der Waals surface area contributed by atoms with Gasteiger partial charge >= 0.3 is 0 Å². The Balaban J connectivity index is 1.31. The highest BCUT2D eigenvalue weighted by Crippen LogP contribution is 2.32. The van der Waals surface area contributed by atoms with Crippen molar-refractivity contribution in [3.05, 3.63) is 60.9 Å². The molecule has 2 aromatic carbocycles. The van der Waals surface area contributed by atoms with Gasteiger partial charge in [-0.25, -0.2) is 9.97 Å². The van der Waals surface area contributed by atoms with Gasteiger partial charge < -0.3 is 24.8 Å². The second-order valence-corrected chi connectivity index (χ2v) is 8.02. The second-order valence-electron chi connectivity index (χ2n) is 8.02. The van der Waals surface area contributed by atoms with Crippen molar-refractivity contribution in [3.8, 4) is 17.0 Å². The van der Waals surface area contributed by atoms with E-state index in [9.17, 15) is 4.79 Å². The number of hydrogen-bond donors (Lipinski definition) is 2. The standard InChI is InChI=1S/C25H26N6O2/c1-17(32)30-12-14-31(15-13-30)19-8-6-18(7-9-19)28-25-26-11-10-22(29-25)21-16-27-24-20(21)4-3-5-23(24)33-2/h3-11,16,27H,12-15H2,1-2H3,(H,26,28,29). The van der Waals surface area contributed by atoms with E-state index >= 15 is 0 Å². The third-order valence-electron chi connectivity index (χ3n) is 6.04. The Morgan fingerprint density at radius 3 is 2.58 bits per heavy atom. The monoisotopic (exact) mass is 442 g/mol. The molecular formula is C25H26N6O2. The fourth-order valence-electron chi connectivity index (χ4n) is 4.24. The molecule has 2 N–H and O–H groups in total. The molecule has 0 atom stereocenters. The Morgan fingerprint density at radius 2 is 1.85 bits per heavy atom. The normalized spacial score (nSPS) is 13.9. The molecule has 0 unspecified atom stereocenters. The third kappa shape index (κ3) is 4.19. The number of methoxy groups -OCH3 is 1. The number of nitrogens with zero attached hydrogens (tertiary/aromatic N) is 4. The van der Waals surface area contributed by atoms with Crippen LogP contribution in [0.1, 0.15) is 6.92 Å². The van der Waals surface area contributed by atoms with E-state index in [1.807, 2.05) is 47.5 Å². The zero-order valence-electron chi connectivity index (χ0n) is 18.7. The summed E-state index contributed by atoms with van der Waals surface area (Å²) in [6.45, 7) is 4.83. The fourth-order valence-corrected chi connectivity index (χ4v) is 4.24. The van der Waals surface area contributed by atoms with Gasteiger partial charge in [-0.3, -0.25) is 4.79 Å². The van der Waals surface area contributed by atoms with Crippen LogP contribution in [0.15, 0.2) is 60.9 Å². The highest BCUT2D eigenvalue weighted by Gasteiger charge is 2.18. The van der Waals surface area contributed by atoms with Crippen molar-refractivity contribution >= 4 is 34.1 Å². The number of anilines is 3. The maximum absolute atomic E-state index is 11.5. The molecule has 3 heterocycles. The van der Waals surface area contributed by atoms with Crippen molar-refractivity contribution in [2.24, 2.45) is 0 Å². The number of rotatable bonds is 5. The number of fused-ring (bicyclic) bond motifs is 1. The van der Waals surface area contributed by atoms with E-state index < -0.39 is 0 Å². The molecular weight excluding hydrogens is 416 g/mol. The first-order valence-electron chi connectivity index (χ1n) is 11.0. The molecule has 4 aromatic rings. The highest BCUT2D eigenvalue weighted by molar-refractivity contribution is 5.97. The van der Waals surface area contributed by atoms with Crippen LogP contribution >= 0.6 is 0 Å². The van der Waals surface area contributed by atoms with Crippen LogP contribution in [0.3, 0.4) is 0 Å². The number of benzene rings is 2. The van der Waals surface area contributed by atoms with E-state index in [-0.39, 0.29) is 5.91 Å². The highest BCUT2D eigenvalue weighted by atomic mass is 16.5. The largest absolute Gasteiger partial charge is 0.495 e. The van der Waals surface area contributed by atoms with Crippen LogP contribution in [-0.4, -0.2) is 59.0 Å². The van der Waals surface area contributed by atoms with Gasteiger partial charge in [0.1, 0.15) is 5.75 Å². The molecule has 8 nitrogen and oxygen atoms in total. The minimum Gasteiger partial charge on any atom is -0.495 e. The van der Waals surface area contributed by atoms with Gasteiger partial charge in [-0.15, -0.1) is 0 Å². The van der Waals surface area contributed by atoms with Gasteiger partial charge in [0.2, 0.25) is 11.9 Å². The average molecular weight is 443 g/mol. The number of piperazine rings is 1. The average Bonchev–Trinajstić information content (AvgIpc) is 3.29. The molecule has 1 fully saturated rings. The number of H-pyrrole nitrogens is 1. The number of hydrogen-bond acceptors (Lipinski definition) is 6. The minimum absolute atomic E-state index is 0.142. The molecule has 0 saturated carbocycles. The molecule has 8 heteroatoms. The SMILES string of the molecule is COc1cccc2c(-c3ccnc(Nc4ccc(N5CCN(C(C)=O)CC5)cc4)n3)c[nH]c12. The van der Waals surface area contributed by atoms with E-state index in [1.54, 1.807) is 20.2 Å². The second kappa shape index (κ2) is 8.82. The maximum Gasteiger partial charge on any atom is 0.227 e. The molecule has 1 aliphatic rings. The summed E-state index contributed by atoms with van der Waals surface area (Å²) in [7, 11) is 1.67. The van der Waals surface area contributed by atoms with Gasteiger partial charge in [-0.1, -0.05) is 12.1 Å². The summed E-state index contributed by atoms with van der Waals surface area (Å²) in [5, 5.41) is 4.35. The Morgan fingerprint density at radius 1 is 1.06 bits per heavy atom. The smallest absolute Gasteiger partial charge is 0.227 e. The minimum atomic E-state index is 0.142. The molecule has 0 aliphatic carbocycles. The first-order chi connectivity index (χ1) is 16.1. The van der Waals surface area contributed by atoms with Crippen molar-refractivity contribution in [3.63, 3.8) is 0 Å². The Labute approximate surface area is 192 Å². The summed E-state index contributed by atoms with van der Waals surface area (Å²) in [6.07, 6.45) is 3.70. The van der Waals surface area contributed by atoms with Crippen LogP contribution in [0, 0.1) is 0 Å². The predicted molar refractivity (Wildman–Crippen MR) is 130 cm³/mol. The number of amides is 1. The van der Waals surface area contributed by atoms with Crippen LogP contribution in [0.4, 0.5) is 17.3 Å². The van der Waals surface area contributed by atoms with E-state index in [4.69, 9.17) is 9.72 Å². The van der Waals surface area contributed by atoms with Crippen LogP contribution in [0.25, 0.3) is 22.2 Å². The first kappa shape index (κ1) is 20.8. The van der Waals surface area contributed by atoms with Gasteiger partial charge in [-0.2, -0.15) is 0 Å². The molecule has 5 rings (SSSR count). The summed E-state index contributed by atoms with van der Waals surface area (Å²) in [4.78, 5) is 28.1. The number of para-hydroxylation sites is 1. The van der Waals surface area contributed by atoms with Crippen LogP contribution in [0.2, 0.25) is 0 Å². The maximum atomic E-state index is 11.5.